The van der Waals surface area contributed by atoms with E-state index in [9.17, 15) is 13.2 Å². The SMILES string of the molecule is Cc1nc(SCC(=O)c2cc(C)n(-c3ccc(S(N)(=O)=O)cc3)c2C)n(CC(C)C)c1C. The van der Waals surface area contributed by atoms with Crippen LogP contribution in [-0.2, 0) is 16.6 Å². The molecule has 0 atom stereocenters. The minimum absolute atomic E-state index is 0.0323. The van der Waals surface area contributed by atoms with Gasteiger partial charge in [0, 0.05) is 34.9 Å². The van der Waals surface area contributed by atoms with E-state index >= 15 is 0 Å². The molecule has 0 saturated carbocycles. The molecule has 0 unspecified atom stereocenters. The quantitative estimate of drug-likeness (QED) is 0.390. The molecule has 2 N–H and O–H groups in total. The van der Waals surface area contributed by atoms with Crippen molar-refractivity contribution in [2.24, 2.45) is 11.1 Å². The molecule has 32 heavy (non-hydrogen) atoms. The van der Waals surface area contributed by atoms with Gasteiger partial charge in [-0.1, -0.05) is 25.6 Å². The first kappa shape index (κ1) is 24.3. The van der Waals surface area contributed by atoms with Crippen molar-refractivity contribution in [3.8, 4) is 5.69 Å². The third-order valence-corrected chi connectivity index (χ3v) is 7.36. The van der Waals surface area contributed by atoms with Crippen LogP contribution in [0.25, 0.3) is 5.69 Å². The maximum absolute atomic E-state index is 13.1. The molecule has 0 fully saturated rings. The zero-order valence-corrected chi connectivity index (χ0v) is 21.0. The number of ketones is 1. The second-order valence-electron chi connectivity index (χ2n) is 8.44. The van der Waals surface area contributed by atoms with Crippen molar-refractivity contribution in [3.05, 3.63) is 58.7 Å². The zero-order valence-electron chi connectivity index (χ0n) is 19.3. The lowest BCUT2D eigenvalue weighted by atomic mass is 10.2. The Kier molecular flexibility index (Phi) is 7.02. The number of hydrogen-bond donors (Lipinski definition) is 1. The molecule has 3 aromatic rings. The molecule has 0 aliphatic heterocycles. The number of nitrogens with two attached hydrogens (primary N) is 1. The fraction of sp³-hybridized carbons (Fsp3) is 0.391. The molecule has 172 valence electrons. The van der Waals surface area contributed by atoms with Crippen LogP contribution in [0, 0.1) is 33.6 Å². The number of benzene rings is 1. The van der Waals surface area contributed by atoms with Gasteiger partial charge in [-0.15, -0.1) is 0 Å². The fourth-order valence-corrected chi connectivity index (χ4v) is 5.25. The largest absolute Gasteiger partial charge is 0.323 e. The molecular formula is C23H30N4O3S2. The Balaban J connectivity index is 1.83. The van der Waals surface area contributed by atoms with Crippen molar-refractivity contribution in [2.45, 2.75) is 58.1 Å². The number of carbonyl (C=O) groups excluding carboxylic acids is 1. The van der Waals surface area contributed by atoms with Crippen LogP contribution in [0.2, 0.25) is 0 Å². The van der Waals surface area contributed by atoms with Gasteiger partial charge in [-0.3, -0.25) is 4.79 Å². The number of thioether (sulfide) groups is 1. The summed E-state index contributed by atoms with van der Waals surface area (Å²) in [7, 11) is -3.75. The van der Waals surface area contributed by atoms with E-state index in [2.05, 4.69) is 30.3 Å². The van der Waals surface area contributed by atoms with Gasteiger partial charge in [0.15, 0.2) is 10.9 Å². The lowest BCUT2D eigenvalue weighted by Crippen LogP contribution is -2.12. The second-order valence-corrected chi connectivity index (χ2v) is 10.9. The van der Waals surface area contributed by atoms with Crippen LogP contribution in [0.4, 0.5) is 0 Å². The average molecular weight is 475 g/mol. The second kappa shape index (κ2) is 9.25. The zero-order chi connectivity index (χ0) is 23.8. The molecule has 0 saturated heterocycles. The highest BCUT2D eigenvalue weighted by Crippen LogP contribution is 2.26. The normalized spacial score (nSPS) is 12.0. The van der Waals surface area contributed by atoms with Crippen LogP contribution in [0.1, 0.15) is 47.0 Å². The summed E-state index contributed by atoms with van der Waals surface area (Å²) in [6.07, 6.45) is 0. The summed E-state index contributed by atoms with van der Waals surface area (Å²) in [6.45, 7) is 13.1. The van der Waals surface area contributed by atoms with E-state index in [1.165, 1.54) is 23.9 Å². The highest BCUT2D eigenvalue weighted by atomic mass is 32.2. The molecule has 7 nitrogen and oxygen atoms in total. The number of nitrogens with zero attached hydrogens (tertiary/aromatic N) is 3. The summed E-state index contributed by atoms with van der Waals surface area (Å²) in [5.74, 6) is 0.810. The standard InChI is InChI=1S/C23H30N4O3S2/c1-14(2)12-26-17(5)16(4)25-23(26)31-13-22(28)21-11-15(3)27(18(21)6)19-7-9-20(10-8-19)32(24,29)30/h7-11,14H,12-13H2,1-6H3,(H2,24,29,30). The number of primary sulfonamides is 1. The Morgan fingerprint density at radius 3 is 2.28 bits per heavy atom. The third-order valence-electron chi connectivity index (χ3n) is 5.46. The van der Waals surface area contributed by atoms with Crippen molar-refractivity contribution < 1.29 is 13.2 Å². The van der Waals surface area contributed by atoms with Gasteiger partial charge in [0.2, 0.25) is 10.0 Å². The predicted octanol–water partition coefficient (Wildman–Crippen LogP) is 4.19. The highest BCUT2D eigenvalue weighted by molar-refractivity contribution is 7.99. The van der Waals surface area contributed by atoms with Crippen LogP contribution < -0.4 is 5.14 Å². The summed E-state index contributed by atoms with van der Waals surface area (Å²) in [5.41, 5.74) is 5.26. The molecule has 9 heteroatoms. The minimum atomic E-state index is -3.75. The first-order chi connectivity index (χ1) is 14.9. The van der Waals surface area contributed by atoms with Crippen LogP contribution in [0.15, 0.2) is 40.4 Å². The Hall–Kier alpha value is -2.36. The number of Topliss-reactive ketones (excluding diaryl/α,β-unsaturated/α-hetero) is 1. The lowest BCUT2D eigenvalue weighted by Gasteiger charge is -2.12. The molecular weight excluding hydrogens is 444 g/mol. The third kappa shape index (κ3) is 5.00. The number of aryl methyl sites for hydroxylation is 2. The van der Waals surface area contributed by atoms with Gasteiger partial charge >= 0.3 is 0 Å². The summed E-state index contributed by atoms with van der Waals surface area (Å²) in [5, 5.41) is 6.06. The molecule has 2 aromatic heterocycles. The monoisotopic (exact) mass is 474 g/mol. The molecule has 0 aliphatic carbocycles. The van der Waals surface area contributed by atoms with Gasteiger partial charge < -0.3 is 9.13 Å². The molecule has 0 radical (unpaired) electrons. The molecule has 2 heterocycles. The first-order valence-electron chi connectivity index (χ1n) is 10.4. The van der Waals surface area contributed by atoms with Gasteiger partial charge in [-0.25, -0.2) is 18.5 Å². The Labute approximate surface area is 194 Å². The van der Waals surface area contributed by atoms with E-state index in [-0.39, 0.29) is 10.7 Å². The van der Waals surface area contributed by atoms with Gasteiger partial charge in [0.25, 0.3) is 0 Å². The number of sulfonamides is 1. The first-order valence-corrected chi connectivity index (χ1v) is 12.9. The van der Waals surface area contributed by atoms with Gasteiger partial charge in [-0.05, 0) is 63.9 Å². The smallest absolute Gasteiger partial charge is 0.238 e. The summed E-state index contributed by atoms with van der Waals surface area (Å²) < 4.78 is 27.2. The van der Waals surface area contributed by atoms with E-state index in [0.717, 1.165) is 40.2 Å². The minimum Gasteiger partial charge on any atom is -0.323 e. The van der Waals surface area contributed by atoms with E-state index < -0.39 is 10.0 Å². The molecule has 0 spiro atoms. The van der Waals surface area contributed by atoms with Gasteiger partial charge in [-0.2, -0.15) is 0 Å². The Bertz CT molecular complexity index is 1250. The molecule has 0 aliphatic rings. The van der Waals surface area contributed by atoms with E-state index in [0.29, 0.717) is 17.2 Å². The van der Waals surface area contributed by atoms with Crippen LogP contribution in [-0.4, -0.2) is 34.1 Å². The molecule has 3 rings (SSSR count). The van der Waals surface area contributed by atoms with Crippen molar-refractivity contribution in [1.82, 2.24) is 14.1 Å². The van der Waals surface area contributed by atoms with Gasteiger partial charge in [0.05, 0.1) is 16.3 Å². The number of aromatic nitrogens is 3. The fourth-order valence-electron chi connectivity index (χ4n) is 3.75. The lowest BCUT2D eigenvalue weighted by molar-refractivity contribution is 0.102. The van der Waals surface area contributed by atoms with Crippen LogP contribution in [0.5, 0.6) is 0 Å². The molecule has 1 aromatic carbocycles. The number of carbonyl (C=O) groups is 1. The van der Waals surface area contributed by atoms with Gasteiger partial charge in [0.1, 0.15) is 0 Å². The predicted molar refractivity (Wildman–Crippen MR) is 128 cm³/mol. The maximum Gasteiger partial charge on any atom is 0.238 e. The van der Waals surface area contributed by atoms with Crippen molar-refractivity contribution >= 4 is 27.6 Å². The van der Waals surface area contributed by atoms with Crippen LogP contribution >= 0.6 is 11.8 Å². The molecule has 0 amide bonds. The maximum atomic E-state index is 13.1. The highest BCUT2D eigenvalue weighted by Gasteiger charge is 2.19. The van der Waals surface area contributed by atoms with Crippen LogP contribution in [0.3, 0.4) is 0 Å². The average Bonchev–Trinajstić information content (AvgIpc) is 3.15. The molecule has 0 bridgehead atoms. The Morgan fingerprint density at radius 2 is 1.72 bits per heavy atom. The van der Waals surface area contributed by atoms with Crippen molar-refractivity contribution in [2.75, 3.05) is 5.75 Å². The summed E-state index contributed by atoms with van der Waals surface area (Å²) in [4.78, 5) is 17.8. The summed E-state index contributed by atoms with van der Waals surface area (Å²) in [6, 6.07) is 8.21. The Morgan fingerprint density at radius 1 is 1.09 bits per heavy atom. The topological polar surface area (TPSA) is 100.0 Å². The van der Waals surface area contributed by atoms with E-state index in [1.54, 1.807) is 12.1 Å². The van der Waals surface area contributed by atoms with Crippen molar-refractivity contribution in [1.29, 1.82) is 0 Å². The van der Waals surface area contributed by atoms with Crippen molar-refractivity contribution in [3.63, 3.8) is 0 Å². The summed E-state index contributed by atoms with van der Waals surface area (Å²) >= 11 is 1.46. The van der Waals surface area contributed by atoms with E-state index in [1.807, 2.05) is 31.4 Å². The number of rotatable bonds is 8. The van der Waals surface area contributed by atoms with E-state index in [4.69, 9.17) is 5.14 Å². The number of hydrogen-bond acceptors (Lipinski definition) is 5. The number of imidazole rings is 1.